The van der Waals surface area contributed by atoms with Crippen molar-refractivity contribution in [2.24, 2.45) is 0 Å². The number of fused-ring (bicyclic) bond motifs is 1. The molecule has 0 aromatic heterocycles. The van der Waals surface area contributed by atoms with Gasteiger partial charge in [-0.1, -0.05) is 6.08 Å². The molecule has 18 heavy (non-hydrogen) atoms. The zero-order valence-electron chi connectivity index (χ0n) is 10.5. The van der Waals surface area contributed by atoms with Gasteiger partial charge in [-0.2, -0.15) is 0 Å². The van der Waals surface area contributed by atoms with E-state index in [4.69, 9.17) is 0 Å². The molecular weight excluding hydrogens is 246 g/mol. The third-order valence-electron chi connectivity index (χ3n) is 2.85. The Kier molecular flexibility index (Phi) is 3.30. The van der Waals surface area contributed by atoms with E-state index in [1.54, 1.807) is 17.0 Å². The van der Waals surface area contributed by atoms with Gasteiger partial charge in [0.25, 0.3) is 0 Å². The Morgan fingerprint density at radius 2 is 2.17 bits per heavy atom. The van der Waals surface area contributed by atoms with Crippen molar-refractivity contribution in [1.29, 1.82) is 0 Å². The lowest BCUT2D eigenvalue weighted by molar-refractivity contribution is -0.120. The Morgan fingerprint density at radius 1 is 1.44 bits per heavy atom. The highest BCUT2D eigenvalue weighted by Crippen LogP contribution is 2.45. The Balaban J connectivity index is 2.54. The molecule has 4 heteroatoms. The molecule has 0 saturated heterocycles. The number of rotatable bonds is 3. The van der Waals surface area contributed by atoms with Crippen LogP contribution in [0.2, 0.25) is 0 Å². The van der Waals surface area contributed by atoms with E-state index in [0.717, 1.165) is 16.9 Å². The summed E-state index contributed by atoms with van der Waals surface area (Å²) in [5.41, 5.74) is 1.49. The highest BCUT2D eigenvalue weighted by Gasteiger charge is 2.39. The van der Waals surface area contributed by atoms with Crippen LogP contribution in [0.3, 0.4) is 0 Å². The molecule has 1 amide bonds. The van der Waals surface area contributed by atoms with Gasteiger partial charge in [-0.25, -0.2) is 0 Å². The fraction of sp³-hybridized carbons (Fsp3) is 0.286. The van der Waals surface area contributed by atoms with Crippen LogP contribution in [-0.2, 0) is 4.79 Å². The van der Waals surface area contributed by atoms with Gasteiger partial charge < -0.3 is 4.90 Å². The number of thioether (sulfide) groups is 1. The summed E-state index contributed by atoms with van der Waals surface area (Å²) in [6, 6.07) is 5.38. The van der Waals surface area contributed by atoms with Crippen molar-refractivity contribution >= 4 is 29.6 Å². The van der Waals surface area contributed by atoms with E-state index in [-0.39, 0.29) is 5.91 Å². The number of hydrogen-bond donors (Lipinski definition) is 0. The zero-order chi connectivity index (χ0) is 13.3. The highest BCUT2D eigenvalue weighted by atomic mass is 32.2. The van der Waals surface area contributed by atoms with Crippen molar-refractivity contribution in [2.45, 2.75) is 23.5 Å². The predicted octanol–water partition coefficient (Wildman–Crippen LogP) is 2.90. The standard InChI is InChI=1S/C14H15NO2S/c1-4-7-15-11-6-5-10(9-16)8-12(11)18-14(2,3)13(15)17/h4-6,8-9H,1,7H2,2-3H3. The predicted molar refractivity (Wildman–Crippen MR) is 74.3 cm³/mol. The number of benzene rings is 1. The fourth-order valence-corrected chi connectivity index (χ4v) is 3.20. The molecule has 2 rings (SSSR count). The summed E-state index contributed by atoms with van der Waals surface area (Å²) in [5, 5.41) is 0. The SMILES string of the molecule is C=CCN1C(=O)C(C)(C)Sc2cc(C=O)ccc21. The molecule has 1 heterocycles. The summed E-state index contributed by atoms with van der Waals surface area (Å²) in [6.07, 6.45) is 2.53. The zero-order valence-corrected chi connectivity index (χ0v) is 11.3. The van der Waals surface area contributed by atoms with E-state index in [2.05, 4.69) is 6.58 Å². The quantitative estimate of drug-likeness (QED) is 0.620. The van der Waals surface area contributed by atoms with Crippen molar-refractivity contribution in [2.75, 3.05) is 11.4 Å². The Bertz CT molecular complexity index is 523. The van der Waals surface area contributed by atoms with Gasteiger partial charge in [0, 0.05) is 17.0 Å². The number of hydrogen-bond acceptors (Lipinski definition) is 3. The Labute approximate surface area is 111 Å². The first-order valence-electron chi connectivity index (χ1n) is 5.70. The average Bonchev–Trinajstić information content (AvgIpc) is 2.34. The number of aldehydes is 1. The molecule has 0 N–H and O–H groups in total. The molecule has 1 aromatic carbocycles. The van der Waals surface area contributed by atoms with Crippen LogP contribution in [0.15, 0.2) is 35.7 Å². The van der Waals surface area contributed by atoms with Gasteiger partial charge in [0.15, 0.2) is 0 Å². The molecule has 1 aromatic rings. The molecular formula is C14H15NO2S. The van der Waals surface area contributed by atoms with Crippen LogP contribution in [0.5, 0.6) is 0 Å². The maximum absolute atomic E-state index is 12.3. The smallest absolute Gasteiger partial charge is 0.243 e. The number of nitrogens with zero attached hydrogens (tertiary/aromatic N) is 1. The van der Waals surface area contributed by atoms with Crippen molar-refractivity contribution in [3.05, 3.63) is 36.4 Å². The molecule has 0 unspecified atom stereocenters. The van der Waals surface area contributed by atoms with Crippen molar-refractivity contribution in [3.63, 3.8) is 0 Å². The molecule has 0 atom stereocenters. The molecule has 3 nitrogen and oxygen atoms in total. The number of amides is 1. The van der Waals surface area contributed by atoms with Gasteiger partial charge >= 0.3 is 0 Å². The average molecular weight is 261 g/mol. The second-order valence-electron chi connectivity index (χ2n) is 4.66. The van der Waals surface area contributed by atoms with Gasteiger partial charge in [-0.15, -0.1) is 18.3 Å². The van der Waals surface area contributed by atoms with Crippen LogP contribution in [0.1, 0.15) is 24.2 Å². The van der Waals surface area contributed by atoms with Crippen LogP contribution in [-0.4, -0.2) is 23.5 Å². The van der Waals surface area contributed by atoms with E-state index >= 15 is 0 Å². The summed E-state index contributed by atoms with van der Waals surface area (Å²) in [4.78, 5) is 25.8. The third kappa shape index (κ3) is 2.08. The Hall–Kier alpha value is -1.55. The van der Waals surface area contributed by atoms with Crippen LogP contribution >= 0.6 is 11.8 Å². The third-order valence-corrected chi connectivity index (χ3v) is 4.08. The van der Waals surface area contributed by atoms with Gasteiger partial charge in [-0.3, -0.25) is 9.59 Å². The first-order chi connectivity index (χ1) is 8.49. The topological polar surface area (TPSA) is 37.4 Å². The molecule has 0 aliphatic carbocycles. The van der Waals surface area contributed by atoms with Crippen LogP contribution in [0, 0.1) is 0 Å². The summed E-state index contributed by atoms with van der Waals surface area (Å²) in [6.45, 7) is 7.96. The molecule has 0 fully saturated rings. The monoisotopic (exact) mass is 261 g/mol. The van der Waals surface area contributed by atoms with Crippen LogP contribution < -0.4 is 4.90 Å². The summed E-state index contributed by atoms with van der Waals surface area (Å²) in [5.74, 6) is 0.0683. The normalized spacial score (nSPS) is 17.2. The minimum atomic E-state index is -0.516. The molecule has 0 radical (unpaired) electrons. The van der Waals surface area contributed by atoms with E-state index in [1.165, 1.54) is 11.8 Å². The van der Waals surface area contributed by atoms with Crippen LogP contribution in [0.25, 0.3) is 0 Å². The van der Waals surface area contributed by atoms with Crippen LogP contribution in [0.4, 0.5) is 5.69 Å². The number of carbonyl (C=O) groups is 2. The first-order valence-corrected chi connectivity index (χ1v) is 6.52. The second kappa shape index (κ2) is 4.61. The fourth-order valence-electron chi connectivity index (χ4n) is 1.97. The summed E-state index contributed by atoms with van der Waals surface area (Å²) in [7, 11) is 0. The minimum Gasteiger partial charge on any atom is -0.306 e. The highest BCUT2D eigenvalue weighted by molar-refractivity contribution is 8.01. The molecule has 1 aliphatic rings. The maximum Gasteiger partial charge on any atom is 0.243 e. The van der Waals surface area contributed by atoms with Crippen molar-refractivity contribution < 1.29 is 9.59 Å². The lowest BCUT2D eigenvalue weighted by Crippen LogP contribution is -2.46. The van der Waals surface area contributed by atoms with Crippen molar-refractivity contribution in [1.82, 2.24) is 0 Å². The second-order valence-corrected chi connectivity index (χ2v) is 6.33. The van der Waals surface area contributed by atoms with Gasteiger partial charge in [0.05, 0.1) is 10.4 Å². The van der Waals surface area contributed by atoms with E-state index in [1.807, 2.05) is 26.0 Å². The number of carbonyl (C=O) groups excluding carboxylic acids is 2. The lowest BCUT2D eigenvalue weighted by Gasteiger charge is -2.37. The molecule has 0 bridgehead atoms. The summed E-state index contributed by atoms with van der Waals surface area (Å²) < 4.78 is -0.516. The molecule has 1 aliphatic heterocycles. The lowest BCUT2D eigenvalue weighted by atomic mass is 10.1. The maximum atomic E-state index is 12.3. The largest absolute Gasteiger partial charge is 0.306 e. The van der Waals surface area contributed by atoms with Gasteiger partial charge in [0.1, 0.15) is 6.29 Å². The van der Waals surface area contributed by atoms with E-state index in [0.29, 0.717) is 12.1 Å². The van der Waals surface area contributed by atoms with E-state index in [9.17, 15) is 9.59 Å². The first kappa shape index (κ1) is 12.9. The molecule has 0 spiro atoms. The molecule has 0 saturated carbocycles. The van der Waals surface area contributed by atoms with Gasteiger partial charge in [-0.05, 0) is 32.0 Å². The number of anilines is 1. The van der Waals surface area contributed by atoms with E-state index < -0.39 is 4.75 Å². The molecule has 94 valence electrons. The summed E-state index contributed by atoms with van der Waals surface area (Å²) >= 11 is 1.50. The van der Waals surface area contributed by atoms with Gasteiger partial charge in [0.2, 0.25) is 5.91 Å². The van der Waals surface area contributed by atoms with Crippen molar-refractivity contribution in [3.8, 4) is 0 Å². The minimum absolute atomic E-state index is 0.0683. The Morgan fingerprint density at radius 3 is 2.78 bits per heavy atom.